The predicted molar refractivity (Wildman–Crippen MR) is 71.2 cm³/mol. The first-order chi connectivity index (χ1) is 8.16. The number of rotatable bonds is 2. The highest BCUT2D eigenvalue weighted by Gasteiger charge is 2.07. The number of benzene rings is 2. The number of carbonyl (C=O) groups is 1. The van der Waals surface area contributed by atoms with E-state index in [9.17, 15) is 4.79 Å². The molecule has 0 aliphatic rings. The third kappa shape index (κ3) is 2.85. The second-order valence-electron chi connectivity index (χ2n) is 3.49. The maximum atomic E-state index is 10.7. The van der Waals surface area contributed by atoms with Crippen LogP contribution in [0.2, 0.25) is 0 Å². The molecule has 0 unspecified atom stereocenters. The van der Waals surface area contributed by atoms with E-state index in [1.165, 1.54) is 0 Å². The molecule has 0 bridgehead atoms. The first-order valence-corrected chi connectivity index (χ1v) is 5.81. The summed E-state index contributed by atoms with van der Waals surface area (Å²) in [5, 5.41) is 11.2. The Kier molecular flexibility index (Phi) is 3.44. The Balaban J connectivity index is 2.51. The molecule has 0 fully saturated rings. The van der Waals surface area contributed by atoms with Gasteiger partial charge in [-0.25, -0.2) is 4.79 Å². The van der Waals surface area contributed by atoms with E-state index in [1.807, 2.05) is 36.4 Å². The van der Waals surface area contributed by atoms with E-state index in [0.29, 0.717) is 5.69 Å². The van der Waals surface area contributed by atoms with Crippen LogP contribution in [0.5, 0.6) is 0 Å². The molecule has 0 saturated heterocycles. The van der Waals surface area contributed by atoms with E-state index in [2.05, 4.69) is 21.2 Å². The molecule has 2 aromatic carbocycles. The molecule has 2 rings (SSSR count). The highest BCUT2D eigenvalue weighted by molar-refractivity contribution is 9.10. The van der Waals surface area contributed by atoms with Crippen molar-refractivity contribution in [3.8, 4) is 11.1 Å². The summed E-state index contributed by atoms with van der Waals surface area (Å²) in [6, 6.07) is 15.1. The van der Waals surface area contributed by atoms with Crippen molar-refractivity contribution in [2.24, 2.45) is 0 Å². The van der Waals surface area contributed by atoms with Crippen LogP contribution in [0, 0.1) is 0 Å². The fourth-order valence-electron chi connectivity index (χ4n) is 1.60. The van der Waals surface area contributed by atoms with Gasteiger partial charge in [0.05, 0.1) is 5.69 Å². The molecule has 3 nitrogen and oxygen atoms in total. The van der Waals surface area contributed by atoms with Gasteiger partial charge < -0.3 is 5.11 Å². The van der Waals surface area contributed by atoms with E-state index in [-0.39, 0.29) is 0 Å². The molecule has 0 radical (unpaired) electrons. The number of nitrogens with one attached hydrogen (secondary N) is 1. The highest BCUT2D eigenvalue weighted by atomic mass is 79.9. The van der Waals surface area contributed by atoms with Crippen molar-refractivity contribution < 1.29 is 9.90 Å². The summed E-state index contributed by atoms with van der Waals surface area (Å²) in [4.78, 5) is 10.7. The molecule has 0 heterocycles. The first-order valence-electron chi connectivity index (χ1n) is 5.02. The first kappa shape index (κ1) is 11.7. The van der Waals surface area contributed by atoms with Gasteiger partial charge in [0.1, 0.15) is 0 Å². The van der Waals surface area contributed by atoms with E-state index in [4.69, 9.17) is 5.11 Å². The Hall–Kier alpha value is -1.81. The number of anilines is 1. The van der Waals surface area contributed by atoms with Crippen LogP contribution in [0.3, 0.4) is 0 Å². The quantitative estimate of drug-likeness (QED) is 0.871. The van der Waals surface area contributed by atoms with Crippen molar-refractivity contribution in [2.75, 3.05) is 5.32 Å². The maximum absolute atomic E-state index is 10.7. The van der Waals surface area contributed by atoms with Crippen LogP contribution in [-0.2, 0) is 0 Å². The number of amides is 1. The summed E-state index contributed by atoms with van der Waals surface area (Å²) in [7, 11) is 0. The van der Waals surface area contributed by atoms with Crippen LogP contribution < -0.4 is 5.32 Å². The number of halogens is 1. The smallest absolute Gasteiger partial charge is 0.409 e. The zero-order chi connectivity index (χ0) is 12.3. The molecule has 17 heavy (non-hydrogen) atoms. The summed E-state index contributed by atoms with van der Waals surface area (Å²) < 4.78 is 0.910. The highest BCUT2D eigenvalue weighted by Crippen LogP contribution is 2.30. The van der Waals surface area contributed by atoms with Gasteiger partial charge in [0.15, 0.2) is 0 Å². The molecule has 86 valence electrons. The van der Waals surface area contributed by atoms with Gasteiger partial charge in [0.2, 0.25) is 0 Å². The van der Waals surface area contributed by atoms with Crippen LogP contribution in [0.25, 0.3) is 11.1 Å². The predicted octanol–water partition coefficient (Wildman–Crippen LogP) is 4.21. The molecule has 0 aliphatic carbocycles. The SMILES string of the molecule is O=C(O)Nc1ccc(Br)cc1-c1ccccc1. The topological polar surface area (TPSA) is 49.3 Å². The normalized spacial score (nSPS) is 9.94. The summed E-state index contributed by atoms with van der Waals surface area (Å²) in [6.45, 7) is 0. The third-order valence-electron chi connectivity index (χ3n) is 2.31. The van der Waals surface area contributed by atoms with Crippen molar-refractivity contribution in [2.45, 2.75) is 0 Å². The zero-order valence-electron chi connectivity index (χ0n) is 8.85. The average molecular weight is 292 g/mol. The second kappa shape index (κ2) is 5.01. The molecule has 4 heteroatoms. The summed E-state index contributed by atoms with van der Waals surface area (Å²) in [6.07, 6.45) is -1.07. The largest absolute Gasteiger partial charge is 0.465 e. The maximum Gasteiger partial charge on any atom is 0.409 e. The minimum Gasteiger partial charge on any atom is -0.465 e. The molecule has 0 aromatic heterocycles. The Labute approximate surface area is 107 Å². The van der Waals surface area contributed by atoms with E-state index < -0.39 is 6.09 Å². The second-order valence-corrected chi connectivity index (χ2v) is 4.40. The fourth-order valence-corrected chi connectivity index (χ4v) is 1.96. The van der Waals surface area contributed by atoms with Gasteiger partial charge in [0.25, 0.3) is 0 Å². The number of carboxylic acid groups (broad SMARTS) is 1. The lowest BCUT2D eigenvalue weighted by Crippen LogP contribution is -2.08. The Morgan fingerprint density at radius 1 is 1.12 bits per heavy atom. The van der Waals surface area contributed by atoms with Crippen LogP contribution >= 0.6 is 15.9 Å². The van der Waals surface area contributed by atoms with Gasteiger partial charge in [-0.3, -0.25) is 5.32 Å². The van der Waals surface area contributed by atoms with Crippen LogP contribution in [0.4, 0.5) is 10.5 Å². The van der Waals surface area contributed by atoms with Gasteiger partial charge >= 0.3 is 6.09 Å². The Morgan fingerprint density at radius 2 is 1.82 bits per heavy atom. The zero-order valence-corrected chi connectivity index (χ0v) is 10.4. The Morgan fingerprint density at radius 3 is 2.47 bits per heavy atom. The third-order valence-corrected chi connectivity index (χ3v) is 2.80. The summed E-state index contributed by atoms with van der Waals surface area (Å²) in [5.41, 5.74) is 2.40. The standard InChI is InChI=1S/C13H10BrNO2/c14-10-6-7-12(15-13(16)17)11(8-10)9-4-2-1-3-5-9/h1-8,15H,(H,16,17). The van der Waals surface area contributed by atoms with Crippen molar-refractivity contribution in [1.82, 2.24) is 0 Å². The Bertz CT molecular complexity index is 540. The number of hydrogen-bond donors (Lipinski definition) is 2. The summed E-state index contributed by atoms with van der Waals surface area (Å²) >= 11 is 3.38. The van der Waals surface area contributed by atoms with Gasteiger partial charge in [-0.15, -0.1) is 0 Å². The molecular formula is C13H10BrNO2. The van der Waals surface area contributed by atoms with Crippen molar-refractivity contribution in [3.63, 3.8) is 0 Å². The number of hydrogen-bond acceptors (Lipinski definition) is 1. The van der Waals surface area contributed by atoms with Crippen LogP contribution in [-0.4, -0.2) is 11.2 Å². The molecule has 0 aliphatic heterocycles. The minimum absolute atomic E-state index is 0.576. The van der Waals surface area contributed by atoms with Crippen molar-refractivity contribution >= 4 is 27.7 Å². The van der Waals surface area contributed by atoms with Crippen molar-refractivity contribution in [1.29, 1.82) is 0 Å². The lowest BCUT2D eigenvalue weighted by atomic mass is 10.0. The molecule has 2 aromatic rings. The lowest BCUT2D eigenvalue weighted by Gasteiger charge is -2.09. The van der Waals surface area contributed by atoms with E-state index >= 15 is 0 Å². The monoisotopic (exact) mass is 291 g/mol. The molecule has 2 N–H and O–H groups in total. The minimum atomic E-state index is -1.07. The molecule has 0 spiro atoms. The molecule has 0 atom stereocenters. The lowest BCUT2D eigenvalue weighted by molar-refractivity contribution is 0.210. The van der Waals surface area contributed by atoms with Crippen LogP contribution in [0.1, 0.15) is 0 Å². The van der Waals surface area contributed by atoms with Gasteiger partial charge in [-0.05, 0) is 23.8 Å². The molecule has 0 saturated carbocycles. The molecular weight excluding hydrogens is 282 g/mol. The van der Waals surface area contributed by atoms with Gasteiger partial charge in [0, 0.05) is 10.0 Å². The average Bonchev–Trinajstić information content (AvgIpc) is 2.32. The fraction of sp³-hybridized carbons (Fsp3) is 0. The van der Waals surface area contributed by atoms with E-state index in [1.54, 1.807) is 12.1 Å². The van der Waals surface area contributed by atoms with Crippen molar-refractivity contribution in [3.05, 3.63) is 53.0 Å². The van der Waals surface area contributed by atoms with E-state index in [0.717, 1.165) is 15.6 Å². The van der Waals surface area contributed by atoms with Gasteiger partial charge in [-0.1, -0.05) is 46.3 Å². The van der Waals surface area contributed by atoms with Crippen LogP contribution in [0.15, 0.2) is 53.0 Å². The molecule has 1 amide bonds. The van der Waals surface area contributed by atoms with Gasteiger partial charge in [-0.2, -0.15) is 0 Å². The summed E-state index contributed by atoms with van der Waals surface area (Å²) in [5.74, 6) is 0.